The summed E-state index contributed by atoms with van der Waals surface area (Å²) in [6, 6.07) is 4.68. The van der Waals surface area contributed by atoms with E-state index in [1.807, 2.05) is 6.92 Å². The van der Waals surface area contributed by atoms with Crippen molar-refractivity contribution in [1.82, 2.24) is 0 Å². The van der Waals surface area contributed by atoms with Crippen LogP contribution in [0.1, 0.15) is 43.5 Å². The molecule has 202 valence electrons. The molecule has 2 aromatic carbocycles. The van der Waals surface area contributed by atoms with Gasteiger partial charge >= 0.3 is 0 Å². The molecular formula is C25H27ClF3NO6S. The molecule has 0 unspecified atom stereocenters. The van der Waals surface area contributed by atoms with E-state index in [1.54, 1.807) is 0 Å². The number of aliphatic hydroxyl groups is 3. The van der Waals surface area contributed by atoms with E-state index in [0.717, 1.165) is 6.07 Å². The first-order valence-electron chi connectivity index (χ1n) is 11.8. The van der Waals surface area contributed by atoms with Crippen molar-refractivity contribution in [3.05, 3.63) is 58.4 Å². The molecular weight excluding hydrogens is 535 g/mol. The zero-order valence-electron chi connectivity index (χ0n) is 20.0. The smallest absolute Gasteiger partial charge is 0.255 e. The molecule has 2 saturated carbocycles. The second-order valence-electron chi connectivity index (χ2n) is 10.1. The summed E-state index contributed by atoms with van der Waals surface area (Å²) >= 11 is 6.21. The van der Waals surface area contributed by atoms with Gasteiger partial charge in [-0.25, -0.2) is 21.6 Å². The van der Waals surface area contributed by atoms with Crippen LogP contribution in [0.5, 0.6) is 0 Å². The van der Waals surface area contributed by atoms with E-state index >= 15 is 0 Å². The summed E-state index contributed by atoms with van der Waals surface area (Å²) in [5.74, 6) is -6.88. The molecule has 7 nitrogen and oxygen atoms in total. The highest BCUT2D eigenvalue weighted by Gasteiger charge is 2.62. The van der Waals surface area contributed by atoms with E-state index in [0.29, 0.717) is 18.6 Å². The Hall–Kier alpha value is -2.18. The Balaban J connectivity index is 1.62. The van der Waals surface area contributed by atoms with Crippen molar-refractivity contribution in [2.24, 2.45) is 17.8 Å². The van der Waals surface area contributed by atoms with Crippen molar-refractivity contribution in [1.29, 1.82) is 0 Å². The Labute approximate surface area is 217 Å². The second-order valence-corrected chi connectivity index (χ2v) is 12.7. The average Bonchev–Trinajstić information content (AvgIpc) is 2.95. The normalized spacial score (nSPS) is 29.1. The lowest BCUT2D eigenvalue weighted by molar-refractivity contribution is -0.175. The third kappa shape index (κ3) is 4.76. The number of nitrogens with one attached hydrogen (secondary N) is 1. The van der Waals surface area contributed by atoms with Crippen LogP contribution in [0.4, 0.5) is 18.9 Å². The number of hydrogen-bond acceptors (Lipinski definition) is 6. The van der Waals surface area contributed by atoms with Gasteiger partial charge in [0.25, 0.3) is 5.91 Å². The monoisotopic (exact) mass is 561 g/mol. The number of amides is 1. The highest BCUT2D eigenvalue weighted by molar-refractivity contribution is 7.92. The first-order chi connectivity index (χ1) is 17.2. The molecule has 0 saturated heterocycles. The number of hydrogen-bond donors (Lipinski definition) is 4. The molecule has 4 rings (SSSR count). The van der Waals surface area contributed by atoms with Crippen molar-refractivity contribution in [2.75, 3.05) is 5.32 Å². The maximum Gasteiger partial charge on any atom is 0.255 e. The van der Waals surface area contributed by atoms with Crippen molar-refractivity contribution in [2.45, 2.75) is 61.1 Å². The molecule has 2 aliphatic carbocycles. The molecule has 0 aliphatic heterocycles. The number of carbonyl (C=O) groups is 1. The third-order valence-corrected chi connectivity index (χ3v) is 10.4. The standard InChI is InChI=1S/C25H27ClF3NO6S/c1-11-5-14-7-16(10-17(11)25(14,34)23(32)12(2)31)37(35,36)21-6-13(3-4-18(21)26)24(33)30-15-8-19(27)22(29)20(28)9-15/h3-4,6,8-9,11-12,14,16-17,23,31-32,34H,5,7,10H2,1-2H3,(H,30,33)/t11-,12-,14+,16+,17+,23-,25+/m0/s1. The number of sulfone groups is 1. The molecule has 12 heteroatoms. The summed E-state index contributed by atoms with van der Waals surface area (Å²) in [7, 11) is -4.12. The molecule has 37 heavy (non-hydrogen) atoms. The van der Waals surface area contributed by atoms with Crippen LogP contribution in [-0.2, 0) is 9.84 Å². The Kier molecular flexibility index (Phi) is 7.41. The minimum Gasteiger partial charge on any atom is -0.391 e. The lowest BCUT2D eigenvalue weighted by atomic mass is 9.69. The number of halogens is 4. The van der Waals surface area contributed by atoms with Crippen LogP contribution in [0.3, 0.4) is 0 Å². The van der Waals surface area contributed by atoms with E-state index in [4.69, 9.17) is 11.6 Å². The first kappa shape index (κ1) is 27.8. The summed E-state index contributed by atoms with van der Waals surface area (Å²) in [6.45, 7) is 3.22. The summed E-state index contributed by atoms with van der Waals surface area (Å²) < 4.78 is 67.5. The molecule has 0 aromatic heterocycles. The van der Waals surface area contributed by atoms with Gasteiger partial charge in [0.1, 0.15) is 6.10 Å². The fraction of sp³-hybridized carbons (Fsp3) is 0.480. The van der Waals surface area contributed by atoms with Gasteiger partial charge in [-0.05, 0) is 62.1 Å². The fourth-order valence-electron chi connectivity index (χ4n) is 5.94. The summed E-state index contributed by atoms with van der Waals surface area (Å²) in [5.41, 5.74) is -2.17. The lowest BCUT2D eigenvalue weighted by Crippen LogP contribution is -2.59. The summed E-state index contributed by atoms with van der Waals surface area (Å²) in [5, 5.41) is 32.9. The lowest BCUT2D eigenvalue weighted by Gasteiger charge is -2.46. The van der Waals surface area contributed by atoms with Gasteiger partial charge in [0.2, 0.25) is 0 Å². The predicted octanol–water partition coefficient (Wildman–Crippen LogP) is 3.69. The number of fused-ring (bicyclic) bond motifs is 2. The van der Waals surface area contributed by atoms with Crippen molar-refractivity contribution in [3.8, 4) is 0 Å². The van der Waals surface area contributed by atoms with E-state index in [-0.39, 0.29) is 39.9 Å². The van der Waals surface area contributed by atoms with Gasteiger partial charge in [-0.15, -0.1) is 0 Å². The average molecular weight is 562 g/mol. The van der Waals surface area contributed by atoms with E-state index in [2.05, 4.69) is 5.32 Å². The number of aliphatic hydroxyl groups excluding tert-OH is 2. The van der Waals surface area contributed by atoms with Gasteiger partial charge in [0.05, 0.1) is 26.9 Å². The van der Waals surface area contributed by atoms with Gasteiger partial charge < -0.3 is 20.6 Å². The molecule has 2 aromatic rings. The van der Waals surface area contributed by atoms with Gasteiger partial charge in [-0.2, -0.15) is 0 Å². The fourth-order valence-corrected chi connectivity index (χ4v) is 8.31. The van der Waals surface area contributed by atoms with Crippen LogP contribution in [-0.4, -0.2) is 52.7 Å². The van der Waals surface area contributed by atoms with Crippen molar-refractivity contribution >= 4 is 33.0 Å². The molecule has 4 N–H and O–H groups in total. The number of carbonyl (C=O) groups excluding carboxylic acids is 1. The van der Waals surface area contributed by atoms with Crippen LogP contribution in [0, 0.1) is 35.2 Å². The quantitative estimate of drug-likeness (QED) is 0.399. The van der Waals surface area contributed by atoms with Crippen molar-refractivity contribution in [3.63, 3.8) is 0 Å². The highest BCUT2D eigenvalue weighted by atomic mass is 35.5. The molecule has 0 radical (unpaired) electrons. The molecule has 1 amide bonds. The second kappa shape index (κ2) is 9.85. The molecule has 0 heterocycles. The molecule has 0 spiro atoms. The maximum atomic E-state index is 13.7. The van der Waals surface area contributed by atoms with Gasteiger partial charge in [0.15, 0.2) is 27.3 Å². The molecule has 7 atom stereocenters. The zero-order chi connectivity index (χ0) is 27.4. The Morgan fingerprint density at radius 1 is 1.11 bits per heavy atom. The Morgan fingerprint density at radius 3 is 2.30 bits per heavy atom. The number of benzene rings is 2. The minimum absolute atomic E-state index is 0.0150. The van der Waals surface area contributed by atoms with Crippen LogP contribution in [0.25, 0.3) is 0 Å². The van der Waals surface area contributed by atoms with E-state index < -0.39 is 68.1 Å². The van der Waals surface area contributed by atoms with Gasteiger partial charge in [-0.1, -0.05) is 18.5 Å². The topological polar surface area (TPSA) is 124 Å². The van der Waals surface area contributed by atoms with Gasteiger partial charge in [0, 0.05) is 23.4 Å². The Bertz CT molecular complexity index is 1320. The number of rotatable bonds is 6. The summed E-state index contributed by atoms with van der Waals surface area (Å²) in [6.07, 6.45) is -2.14. The highest BCUT2D eigenvalue weighted by Crippen LogP contribution is 2.56. The molecule has 2 aliphatic rings. The van der Waals surface area contributed by atoms with Crippen LogP contribution in [0.15, 0.2) is 35.2 Å². The van der Waals surface area contributed by atoms with Crippen molar-refractivity contribution < 1.29 is 41.7 Å². The Morgan fingerprint density at radius 2 is 1.73 bits per heavy atom. The van der Waals surface area contributed by atoms with E-state index in [1.165, 1.54) is 19.1 Å². The third-order valence-electron chi connectivity index (χ3n) is 7.77. The number of anilines is 1. The van der Waals surface area contributed by atoms with Crippen LogP contribution in [0.2, 0.25) is 5.02 Å². The predicted molar refractivity (Wildman–Crippen MR) is 129 cm³/mol. The van der Waals surface area contributed by atoms with Gasteiger partial charge in [-0.3, -0.25) is 4.79 Å². The zero-order valence-corrected chi connectivity index (χ0v) is 21.5. The largest absolute Gasteiger partial charge is 0.391 e. The molecule has 2 bridgehead atoms. The molecule has 2 fully saturated rings. The summed E-state index contributed by atoms with van der Waals surface area (Å²) in [4.78, 5) is 12.4. The van der Waals surface area contributed by atoms with Crippen LogP contribution >= 0.6 is 11.6 Å². The minimum atomic E-state index is -4.12. The van der Waals surface area contributed by atoms with Crippen LogP contribution < -0.4 is 5.32 Å². The SMILES string of the molecule is C[C@H](O)[C@H](O)[C@@]1(O)[C@H]2C[C@@H](S(=O)(=O)c3cc(C(=O)Nc4cc(F)c(F)c(F)c4)ccc3Cl)C[C@@H]1[C@@H](C)C2. The maximum absolute atomic E-state index is 13.7. The first-order valence-corrected chi connectivity index (χ1v) is 13.7. The van der Waals surface area contributed by atoms with E-state index in [9.17, 15) is 41.7 Å².